The summed E-state index contributed by atoms with van der Waals surface area (Å²) in [4.78, 5) is 14.8. The molecule has 0 atom stereocenters. The Hall–Kier alpha value is -1.71. The van der Waals surface area contributed by atoms with Crippen molar-refractivity contribution in [3.8, 4) is 0 Å². The molecule has 0 unspecified atom stereocenters. The van der Waals surface area contributed by atoms with E-state index < -0.39 is 0 Å². The SMILES string of the molecule is C=C1C(=NO)C=CC(=O)C1=NC. The Morgan fingerprint density at radius 1 is 1.50 bits per heavy atom. The van der Waals surface area contributed by atoms with Crippen LogP contribution in [0.1, 0.15) is 0 Å². The van der Waals surface area contributed by atoms with Gasteiger partial charge in [0.25, 0.3) is 0 Å². The Bertz CT molecular complexity index is 324. The Morgan fingerprint density at radius 3 is 2.67 bits per heavy atom. The van der Waals surface area contributed by atoms with Gasteiger partial charge in [-0.15, -0.1) is 0 Å². The van der Waals surface area contributed by atoms with Crippen molar-refractivity contribution in [3.05, 3.63) is 24.3 Å². The summed E-state index contributed by atoms with van der Waals surface area (Å²) >= 11 is 0. The van der Waals surface area contributed by atoms with E-state index in [1.54, 1.807) is 0 Å². The number of rotatable bonds is 0. The highest BCUT2D eigenvalue weighted by Crippen LogP contribution is 2.08. The van der Waals surface area contributed by atoms with Crippen LogP contribution in [-0.4, -0.2) is 29.5 Å². The van der Waals surface area contributed by atoms with Gasteiger partial charge in [-0.25, -0.2) is 0 Å². The minimum Gasteiger partial charge on any atom is -0.410 e. The average Bonchev–Trinajstić information content (AvgIpc) is 2.06. The largest absolute Gasteiger partial charge is 0.410 e. The first-order valence-corrected chi connectivity index (χ1v) is 3.31. The second-order valence-electron chi connectivity index (χ2n) is 2.23. The zero-order chi connectivity index (χ0) is 9.14. The van der Waals surface area contributed by atoms with Crippen LogP contribution in [0.25, 0.3) is 0 Å². The van der Waals surface area contributed by atoms with E-state index in [9.17, 15) is 4.79 Å². The maximum absolute atomic E-state index is 11.1. The van der Waals surface area contributed by atoms with E-state index in [0.29, 0.717) is 5.57 Å². The molecule has 12 heavy (non-hydrogen) atoms. The standard InChI is InChI=1S/C8H8N2O2/c1-5-6(10-12)3-4-7(11)8(5)9-2/h3-4,12H,1H2,2H3. The number of allylic oxidation sites excluding steroid dienone is 3. The first-order chi connectivity index (χ1) is 5.70. The molecular weight excluding hydrogens is 156 g/mol. The molecule has 0 aromatic carbocycles. The van der Waals surface area contributed by atoms with Crippen molar-refractivity contribution < 1.29 is 10.0 Å². The monoisotopic (exact) mass is 164 g/mol. The van der Waals surface area contributed by atoms with Gasteiger partial charge in [-0.1, -0.05) is 11.7 Å². The zero-order valence-electron chi connectivity index (χ0n) is 6.61. The lowest BCUT2D eigenvalue weighted by atomic mass is 9.97. The second kappa shape index (κ2) is 3.13. The van der Waals surface area contributed by atoms with Gasteiger partial charge in [0, 0.05) is 12.6 Å². The van der Waals surface area contributed by atoms with Gasteiger partial charge in [0.1, 0.15) is 11.4 Å². The van der Waals surface area contributed by atoms with Crippen LogP contribution in [0.5, 0.6) is 0 Å². The van der Waals surface area contributed by atoms with Gasteiger partial charge in [0.2, 0.25) is 5.78 Å². The molecule has 0 bridgehead atoms. The van der Waals surface area contributed by atoms with Crippen LogP contribution >= 0.6 is 0 Å². The van der Waals surface area contributed by atoms with Crippen molar-refractivity contribution in [3.63, 3.8) is 0 Å². The predicted molar refractivity (Wildman–Crippen MR) is 45.9 cm³/mol. The molecule has 1 aliphatic carbocycles. The van der Waals surface area contributed by atoms with Crippen LogP contribution in [0.2, 0.25) is 0 Å². The molecule has 0 heterocycles. The number of carbonyl (C=O) groups is 1. The van der Waals surface area contributed by atoms with E-state index >= 15 is 0 Å². The molecule has 0 radical (unpaired) electrons. The fourth-order valence-electron chi connectivity index (χ4n) is 0.943. The van der Waals surface area contributed by atoms with Crippen molar-refractivity contribution in [1.29, 1.82) is 0 Å². The fraction of sp³-hybridized carbons (Fsp3) is 0.125. The lowest BCUT2D eigenvalue weighted by Crippen LogP contribution is -2.23. The van der Waals surface area contributed by atoms with Crippen LogP contribution in [0.3, 0.4) is 0 Å². The Morgan fingerprint density at radius 2 is 2.17 bits per heavy atom. The van der Waals surface area contributed by atoms with E-state index in [-0.39, 0.29) is 17.2 Å². The first kappa shape index (κ1) is 8.39. The van der Waals surface area contributed by atoms with Crippen LogP contribution in [-0.2, 0) is 4.79 Å². The maximum Gasteiger partial charge on any atom is 0.204 e. The van der Waals surface area contributed by atoms with E-state index in [1.807, 2.05) is 0 Å². The molecule has 0 spiro atoms. The summed E-state index contributed by atoms with van der Waals surface area (Å²) in [7, 11) is 1.49. The third kappa shape index (κ3) is 1.18. The Balaban J connectivity index is 3.19. The fourth-order valence-corrected chi connectivity index (χ4v) is 0.943. The molecule has 4 nitrogen and oxygen atoms in total. The van der Waals surface area contributed by atoms with Crippen molar-refractivity contribution in [1.82, 2.24) is 0 Å². The third-order valence-corrected chi connectivity index (χ3v) is 1.55. The van der Waals surface area contributed by atoms with Crippen molar-refractivity contribution in [2.75, 3.05) is 7.05 Å². The highest BCUT2D eigenvalue weighted by atomic mass is 16.4. The minimum absolute atomic E-state index is 0.213. The van der Waals surface area contributed by atoms with Gasteiger partial charge in [-0.3, -0.25) is 9.79 Å². The molecule has 1 N–H and O–H groups in total. The summed E-state index contributed by atoms with van der Waals surface area (Å²) in [6.45, 7) is 3.58. The highest BCUT2D eigenvalue weighted by Gasteiger charge is 2.19. The lowest BCUT2D eigenvalue weighted by Gasteiger charge is -2.09. The molecule has 0 aromatic heterocycles. The molecule has 1 aliphatic rings. The van der Waals surface area contributed by atoms with Crippen molar-refractivity contribution in [2.45, 2.75) is 0 Å². The second-order valence-corrected chi connectivity index (χ2v) is 2.23. The number of hydrogen-bond donors (Lipinski definition) is 1. The average molecular weight is 164 g/mol. The number of ketones is 1. The van der Waals surface area contributed by atoms with Gasteiger partial charge in [0.15, 0.2) is 0 Å². The van der Waals surface area contributed by atoms with E-state index in [4.69, 9.17) is 5.21 Å². The molecule has 0 saturated heterocycles. The number of oxime groups is 1. The summed E-state index contributed by atoms with van der Waals surface area (Å²) in [6, 6.07) is 0. The van der Waals surface area contributed by atoms with Crippen LogP contribution in [0.15, 0.2) is 34.5 Å². The molecule has 4 heteroatoms. The van der Waals surface area contributed by atoms with Crippen LogP contribution in [0.4, 0.5) is 0 Å². The molecule has 0 fully saturated rings. The normalized spacial score (nSPS) is 24.1. The Kier molecular flexibility index (Phi) is 2.19. The molecular formula is C8H8N2O2. The molecule has 62 valence electrons. The Labute approximate surface area is 69.6 Å². The lowest BCUT2D eigenvalue weighted by molar-refractivity contribution is -0.108. The summed E-state index contributed by atoms with van der Waals surface area (Å²) in [5.41, 5.74) is 0.869. The summed E-state index contributed by atoms with van der Waals surface area (Å²) in [6.07, 6.45) is 2.70. The molecule has 0 amide bonds. The number of hydrogen-bond acceptors (Lipinski definition) is 4. The highest BCUT2D eigenvalue weighted by molar-refractivity contribution is 6.58. The topological polar surface area (TPSA) is 62.0 Å². The third-order valence-electron chi connectivity index (χ3n) is 1.55. The van der Waals surface area contributed by atoms with Crippen molar-refractivity contribution in [2.24, 2.45) is 10.1 Å². The van der Waals surface area contributed by atoms with E-state index in [2.05, 4.69) is 16.7 Å². The molecule has 0 aliphatic heterocycles. The minimum atomic E-state index is -0.213. The van der Waals surface area contributed by atoms with E-state index in [1.165, 1.54) is 19.2 Å². The molecule has 0 aromatic rings. The van der Waals surface area contributed by atoms with Gasteiger partial charge < -0.3 is 5.21 Å². The van der Waals surface area contributed by atoms with Crippen molar-refractivity contribution >= 4 is 17.2 Å². The molecule has 0 saturated carbocycles. The van der Waals surface area contributed by atoms with Crippen LogP contribution in [0, 0.1) is 0 Å². The summed E-state index contributed by atoms with van der Waals surface area (Å²) in [5.74, 6) is -0.213. The number of aliphatic imine (C=N–C) groups is 1. The van der Waals surface area contributed by atoms with Crippen LogP contribution < -0.4 is 0 Å². The summed E-state index contributed by atoms with van der Waals surface area (Å²) in [5, 5.41) is 11.4. The smallest absolute Gasteiger partial charge is 0.204 e. The first-order valence-electron chi connectivity index (χ1n) is 3.31. The van der Waals surface area contributed by atoms with Gasteiger partial charge in [-0.2, -0.15) is 0 Å². The van der Waals surface area contributed by atoms with Gasteiger partial charge >= 0.3 is 0 Å². The maximum atomic E-state index is 11.1. The van der Waals surface area contributed by atoms with Gasteiger partial charge in [0.05, 0.1) is 0 Å². The number of carbonyl (C=O) groups excluding carboxylic acids is 1. The summed E-state index contributed by atoms with van der Waals surface area (Å²) < 4.78 is 0. The van der Waals surface area contributed by atoms with Gasteiger partial charge in [-0.05, 0) is 12.2 Å². The zero-order valence-corrected chi connectivity index (χ0v) is 6.61. The van der Waals surface area contributed by atoms with E-state index in [0.717, 1.165) is 0 Å². The quantitative estimate of drug-likeness (QED) is 0.420. The predicted octanol–water partition coefficient (Wildman–Crippen LogP) is 0.583. The number of nitrogens with zero attached hydrogens (tertiary/aromatic N) is 2. The molecule has 1 rings (SSSR count).